The van der Waals surface area contributed by atoms with Crippen molar-refractivity contribution in [3.05, 3.63) is 34.8 Å². The number of rotatable bonds is 3. The van der Waals surface area contributed by atoms with Crippen LogP contribution < -0.4 is 9.80 Å². The molecule has 0 aromatic carbocycles. The lowest BCUT2D eigenvalue weighted by Crippen LogP contribution is -2.59. The second-order valence-corrected chi connectivity index (χ2v) is 6.50. The van der Waals surface area contributed by atoms with Gasteiger partial charge in [0.1, 0.15) is 5.82 Å². The molecule has 0 amide bonds. The van der Waals surface area contributed by atoms with Gasteiger partial charge in [-0.2, -0.15) is 4.52 Å². The third kappa shape index (κ3) is 2.50. The van der Waals surface area contributed by atoms with E-state index in [1.807, 2.05) is 26.1 Å². The average molecular weight is 375 g/mol. The summed E-state index contributed by atoms with van der Waals surface area (Å²) in [5.41, 5.74) is 0.767. The first-order chi connectivity index (χ1) is 11.1. The van der Waals surface area contributed by atoms with Crippen LogP contribution in [0.4, 0.5) is 11.8 Å². The molecule has 1 fully saturated rings. The number of halogens is 1. The minimum Gasteiger partial charge on any atom is -0.351 e. The Morgan fingerprint density at radius 2 is 1.91 bits per heavy atom. The lowest BCUT2D eigenvalue weighted by molar-refractivity contribution is 0.483. The van der Waals surface area contributed by atoms with Crippen molar-refractivity contribution in [3.8, 4) is 0 Å². The largest absolute Gasteiger partial charge is 0.351 e. The van der Waals surface area contributed by atoms with Crippen molar-refractivity contribution in [2.75, 3.05) is 29.9 Å². The van der Waals surface area contributed by atoms with Crippen LogP contribution in [0.5, 0.6) is 0 Å². The fourth-order valence-corrected chi connectivity index (χ4v) is 2.80. The van der Waals surface area contributed by atoms with Crippen molar-refractivity contribution in [3.63, 3.8) is 0 Å². The average Bonchev–Trinajstić information content (AvgIpc) is 2.88. The standard InChI is InChI=1S/C14H15BrN8/c1-9-18-19-12-3-4-13(20-23(9)12)22-7-11(8-22)21(2)14-16-5-10(15)6-17-14/h3-6,11H,7-8H2,1-2H3. The number of nitrogens with zero attached hydrogens (tertiary/aromatic N) is 8. The molecule has 8 nitrogen and oxygen atoms in total. The second kappa shape index (κ2) is 5.41. The van der Waals surface area contributed by atoms with Crippen LogP contribution in [0.3, 0.4) is 0 Å². The predicted molar refractivity (Wildman–Crippen MR) is 89.7 cm³/mol. The van der Waals surface area contributed by atoms with Gasteiger partial charge in [0.15, 0.2) is 11.5 Å². The monoisotopic (exact) mass is 374 g/mol. The summed E-state index contributed by atoms with van der Waals surface area (Å²) in [7, 11) is 2.02. The third-order valence-corrected chi connectivity index (χ3v) is 4.47. The first-order valence-corrected chi connectivity index (χ1v) is 8.05. The van der Waals surface area contributed by atoms with Crippen LogP contribution in [0.1, 0.15) is 5.82 Å². The van der Waals surface area contributed by atoms with Crippen molar-refractivity contribution in [2.45, 2.75) is 13.0 Å². The van der Waals surface area contributed by atoms with Crippen LogP contribution in [0.15, 0.2) is 29.0 Å². The van der Waals surface area contributed by atoms with Crippen molar-refractivity contribution >= 4 is 33.3 Å². The van der Waals surface area contributed by atoms with E-state index in [2.05, 4.69) is 51.0 Å². The summed E-state index contributed by atoms with van der Waals surface area (Å²) in [6, 6.07) is 4.29. The predicted octanol–water partition coefficient (Wildman–Crippen LogP) is 1.31. The summed E-state index contributed by atoms with van der Waals surface area (Å²) in [4.78, 5) is 13.0. The molecule has 0 radical (unpaired) electrons. The van der Waals surface area contributed by atoms with Gasteiger partial charge >= 0.3 is 0 Å². The van der Waals surface area contributed by atoms with Crippen LogP contribution in [-0.2, 0) is 0 Å². The van der Waals surface area contributed by atoms with Gasteiger partial charge in [-0.05, 0) is 35.0 Å². The Labute approximate surface area is 141 Å². The molecule has 0 bridgehead atoms. The van der Waals surface area contributed by atoms with Crippen molar-refractivity contribution in [1.82, 2.24) is 29.8 Å². The summed E-state index contributed by atoms with van der Waals surface area (Å²) in [5.74, 6) is 2.46. The van der Waals surface area contributed by atoms with Gasteiger partial charge < -0.3 is 9.80 Å². The molecule has 3 aromatic rings. The Hall–Kier alpha value is -2.29. The number of fused-ring (bicyclic) bond motifs is 1. The first kappa shape index (κ1) is 14.3. The Bertz CT molecular complexity index is 840. The highest BCUT2D eigenvalue weighted by Crippen LogP contribution is 2.23. The van der Waals surface area contributed by atoms with Gasteiger partial charge in [-0.25, -0.2) is 9.97 Å². The smallest absolute Gasteiger partial charge is 0.225 e. The Morgan fingerprint density at radius 1 is 1.17 bits per heavy atom. The summed E-state index contributed by atoms with van der Waals surface area (Å²) >= 11 is 3.35. The van der Waals surface area contributed by atoms with Gasteiger partial charge in [0.05, 0.1) is 10.5 Å². The number of anilines is 2. The molecule has 0 unspecified atom stereocenters. The maximum atomic E-state index is 4.60. The molecule has 1 saturated heterocycles. The molecule has 1 aliphatic heterocycles. The SMILES string of the molecule is Cc1nnc2ccc(N3CC(N(C)c4ncc(Br)cn4)C3)nn12. The fraction of sp³-hybridized carbons (Fsp3) is 0.357. The summed E-state index contributed by atoms with van der Waals surface area (Å²) in [6.07, 6.45) is 3.53. The zero-order valence-corrected chi connectivity index (χ0v) is 14.3. The van der Waals surface area contributed by atoms with Gasteiger partial charge in [-0.1, -0.05) is 0 Å². The van der Waals surface area contributed by atoms with E-state index in [1.54, 1.807) is 16.9 Å². The molecule has 0 atom stereocenters. The van der Waals surface area contributed by atoms with Gasteiger partial charge in [0.25, 0.3) is 0 Å². The summed E-state index contributed by atoms with van der Waals surface area (Å²) in [6.45, 7) is 3.67. The lowest BCUT2D eigenvalue weighted by atomic mass is 10.1. The number of likely N-dealkylation sites (N-methyl/N-ethyl adjacent to an activating group) is 1. The minimum absolute atomic E-state index is 0.371. The third-order valence-electron chi connectivity index (χ3n) is 4.06. The molecular formula is C14H15BrN8. The second-order valence-electron chi connectivity index (χ2n) is 5.58. The van der Waals surface area contributed by atoms with E-state index >= 15 is 0 Å². The van der Waals surface area contributed by atoms with E-state index < -0.39 is 0 Å². The van der Waals surface area contributed by atoms with Crippen LogP contribution in [0, 0.1) is 6.92 Å². The van der Waals surface area contributed by atoms with E-state index in [-0.39, 0.29) is 0 Å². The molecule has 23 heavy (non-hydrogen) atoms. The van der Waals surface area contributed by atoms with Crippen molar-refractivity contribution in [2.24, 2.45) is 0 Å². The molecule has 0 aliphatic carbocycles. The number of hydrogen-bond acceptors (Lipinski definition) is 7. The Kier molecular flexibility index (Phi) is 3.37. The maximum absolute atomic E-state index is 4.60. The number of aryl methyl sites for hydroxylation is 1. The van der Waals surface area contributed by atoms with Gasteiger partial charge in [0.2, 0.25) is 5.95 Å². The van der Waals surface area contributed by atoms with Crippen LogP contribution in [0.25, 0.3) is 5.65 Å². The highest BCUT2D eigenvalue weighted by atomic mass is 79.9. The Balaban J connectivity index is 1.47. The lowest BCUT2D eigenvalue weighted by Gasteiger charge is -2.44. The molecule has 0 N–H and O–H groups in total. The van der Waals surface area contributed by atoms with Crippen LogP contribution >= 0.6 is 15.9 Å². The Morgan fingerprint density at radius 3 is 2.65 bits per heavy atom. The zero-order chi connectivity index (χ0) is 16.0. The minimum atomic E-state index is 0.371. The fourth-order valence-electron chi connectivity index (χ4n) is 2.59. The molecule has 4 rings (SSSR count). The van der Waals surface area contributed by atoms with E-state index in [0.29, 0.717) is 6.04 Å². The van der Waals surface area contributed by atoms with Crippen molar-refractivity contribution < 1.29 is 0 Å². The molecule has 9 heteroatoms. The quantitative estimate of drug-likeness (QED) is 0.683. The van der Waals surface area contributed by atoms with E-state index in [1.165, 1.54) is 0 Å². The van der Waals surface area contributed by atoms with E-state index in [0.717, 1.165) is 40.8 Å². The van der Waals surface area contributed by atoms with E-state index in [4.69, 9.17) is 0 Å². The number of hydrogen-bond donors (Lipinski definition) is 0. The summed E-state index contributed by atoms with van der Waals surface area (Å²) in [5, 5.41) is 12.7. The molecule has 0 saturated carbocycles. The van der Waals surface area contributed by atoms with E-state index in [9.17, 15) is 0 Å². The highest BCUT2D eigenvalue weighted by Gasteiger charge is 2.32. The van der Waals surface area contributed by atoms with Gasteiger partial charge in [-0.15, -0.1) is 15.3 Å². The summed E-state index contributed by atoms with van der Waals surface area (Å²) < 4.78 is 2.65. The number of aromatic nitrogens is 6. The van der Waals surface area contributed by atoms with Crippen molar-refractivity contribution in [1.29, 1.82) is 0 Å². The molecule has 3 aromatic heterocycles. The topological polar surface area (TPSA) is 75.3 Å². The normalized spacial score (nSPS) is 15.0. The molecule has 4 heterocycles. The molecular weight excluding hydrogens is 360 g/mol. The molecule has 118 valence electrons. The highest BCUT2D eigenvalue weighted by molar-refractivity contribution is 9.10. The van der Waals surface area contributed by atoms with Gasteiger partial charge in [-0.3, -0.25) is 0 Å². The first-order valence-electron chi connectivity index (χ1n) is 7.26. The maximum Gasteiger partial charge on any atom is 0.225 e. The van der Waals surface area contributed by atoms with Crippen LogP contribution in [0.2, 0.25) is 0 Å². The van der Waals surface area contributed by atoms with Gasteiger partial charge in [0, 0.05) is 32.5 Å². The van der Waals surface area contributed by atoms with Crippen LogP contribution in [-0.4, -0.2) is 56.0 Å². The molecule has 0 spiro atoms. The molecule has 1 aliphatic rings. The zero-order valence-electron chi connectivity index (χ0n) is 12.8.